The summed E-state index contributed by atoms with van der Waals surface area (Å²) in [4.78, 5) is 23.0. The summed E-state index contributed by atoms with van der Waals surface area (Å²) in [6, 6.07) is 6.37. The largest absolute Gasteiger partial charge is 0.352 e. The Hall–Kier alpha value is -3.87. The molecular formula is C24H25F2N7O3S. The second-order valence-corrected chi connectivity index (χ2v) is 11.2. The number of carbonyl (C=O) groups is 1. The minimum Gasteiger partial charge on any atom is -0.352 e. The van der Waals surface area contributed by atoms with Crippen molar-refractivity contribution in [3.8, 4) is 11.1 Å². The van der Waals surface area contributed by atoms with Gasteiger partial charge >= 0.3 is 0 Å². The van der Waals surface area contributed by atoms with Crippen LogP contribution in [0.3, 0.4) is 0 Å². The van der Waals surface area contributed by atoms with Gasteiger partial charge in [-0.3, -0.25) is 9.48 Å². The van der Waals surface area contributed by atoms with E-state index in [1.807, 2.05) is 20.9 Å². The highest BCUT2D eigenvalue weighted by molar-refractivity contribution is 7.90. The normalized spacial score (nSPS) is 13.9. The third kappa shape index (κ3) is 4.78. The maximum absolute atomic E-state index is 13.4. The molecule has 13 heteroatoms. The summed E-state index contributed by atoms with van der Waals surface area (Å²) in [5, 5.41) is 10.1. The lowest BCUT2D eigenvalue weighted by Gasteiger charge is -2.14. The zero-order valence-corrected chi connectivity index (χ0v) is 21.4. The number of hydrogen-bond acceptors (Lipinski definition) is 7. The molecule has 3 N–H and O–H groups in total. The Balaban J connectivity index is 1.61. The quantitative estimate of drug-likeness (QED) is 0.323. The van der Waals surface area contributed by atoms with Crippen molar-refractivity contribution in [2.45, 2.75) is 38.0 Å². The van der Waals surface area contributed by atoms with Crippen LogP contribution >= 0.6 is 0 Å². The Morgan fingerprint density at radius 1 is 1.16 bits per heavy atom. The van der Waals surface area contributed by atoms with Gasteiger partial charge in [-0.25, -0.2) is 27.2 Å². The van der Waals surface area contributed by atoms with E-state index in [9.17, 15) is 22.0 Å². The van der Waals surface area contributed by atoms with Gasteiger partial charge in [-0.2, -0.15) is 5.10 Å². The smallest absolute Gasteiger partial charge is 0.295 e. The van der Waals surface area contributed by atoms with Gasteiger partial charge < -0.3 is 15.6 Å². The molecule has 10 nitrogen and oxygen atoms in total. The number of benzene rings is 1. The second-order valence-electron chi connectivity index (χ2n) is 9.22. The third-order valence-corrected chi connectivity index (χ3v) is 7.46. The van der Waals surface area contributed by atoms with Gasteiger partial charge in [0.05, 0.1) is 22.0 Å². The summed E-state index contributed by atoms with van der Waals surface area (Å²) in [5.41, 5.74) is 3.68. The molecule has 194 valence electrons. The Morgan fingerprint density at radius 2 is 1.89 bits per heavy atom. The molecule has 1 saturated carbocycles. The molecule has 1 amide bonds. The number of aromatic nitrogens is 5. The van der Waals surface area contributed by atoms with Gasteiger partial charge in [0.1, 0.15) is 11.3 Å². The molecule has 0 spiro atoms. The number of alkyl halides is 2. The summed E-state index contributed by atoms with van der Waals surface area (Å²) >= 11 is 0. The maximum atomic E-state index is 13.4. The van der Waals surface area contributed by atoms with E-state index in [-0.39, 0.29) is 45.1 Å². The molecule has 1 fully saturated rings. The zero-order valence-electron chi connectivity index (χ0n) is 20.6. The summed E-state index contributed by atoms with van der Waals surface area (Å²) in [6.07, 6.45) is -0.228. The molecule has 5 rings (SSSR count). The number of fused-ring (bicyclic) bond motifs is 1. The number of H-pyrrole nitrogens is 1. The van der Waals surface area contributed by atoms with E-state index in [4.69, 9.17) is 0 Å². The number of aryl methyl sites for hydroxylation is 2. The average Bonchev–Trinajstić information content (AvgIpc) is 3.52. The molecule has 4 aromatic rings. The molecule has 0 radical (unpaired) electrons. The first-order valence-corrected chi connectivity index (χ1v) is 13.4. The Morgan fingerprint density at radius 3 is 2.49 bits per heavy atom. The number of nitrogens with zero attached hydrogens (tertiary/aromatic N) is 4. The van der Waals surface area contributed by atoms with E-state index in [1.54, 1.807) is 22.9 Å². The standard InChI is InChI=1S/C24H25F2N7O3S/c1-11-19(12(2)33(3)32-11)14-7-8-15(17(9-14)37(4,35)36)27-16-10-18(29-24(34)13-5-6-13)28-22-20(16)30-23(31-22)21(25)26/h7-10,13,21H,5-6H2,1-4H3,(H3,27,28,29,30,31,34). The van der Waals surface area contributed by atoms with Gasteiger partial charge in [-0.1, -0.05) is 6.07 Å². The van der Waals surface area contributed by atoms with Crippen LogP contribution in [-0.4, -0.2) is 45.3 Å². The molecule has 0 bridgehead atoms. The molecule has 37 heavy (non-hydrogen) atoms. The fraction of sp³-hybridized carbons (Fsp3) is 0.333. The topological polar surface area (TPSA) is 135 Å². The molecule has 3 heterocycles. The predicted molar refractivity (Wildman–Crippen MR) is 135 cm³/mol. The lowest BCUT2D eigenvalue weighted by atomic mass is 10.0. The summed E-state index contributed by atoms with van der Waals surface area (Å²) in [7, 11) is -1.91. The number of sulfone groups is 1. The highest BCUT2D eigenvalue weighted by Crippen LogP contribution is 2.36. The van der Waals surface area contributed by atoms with E-state index in [2.05, 4.69) is 30.7 Å². The van der Waals surface area contributed by atoms with Crippen molar-refractivity contribution in [1.82, 2.24) is 24.7 Å². The summed E-state index contributed by atoms with van der Waals surface area (Å²) in [5.74, 6) is -0.765. The third-order valence-electron chi connectivity index (χ3n) is 6.33. The first-order valence-electron chi connectivity index (χ1n) is 11.5. The first kappa shape index (κ1) is 24.8. The van der Waals surface area contributed by atoms with Crippen LogP contribution in [0.1, 0.15) is 36.5 Å². The van der Waals surface area contributed by atoms with Crippen LogP contribution < -0.4 is 10.6 Å². The molecule has 0 unspecified atom stereocenters. The van der Waals surface area contributed by atoms with E-state index in [1.165, 1.54) is 6.07 Å². The Kier molecular flexibility index (Phi) is 5.97. The number of halogens is 2. The van der Waals surface area contributed by atoms with E-state index < -0.39 is 22.1 Å². The van der Waals surface area contributed by atoms with Crippen LogP contribution in [0.15, 0.2) is 29.2 Å². The van der Waals surface area contributed by atoms with Crippen molar-refractivity contribution >= 4 is 44.1 Å². The summed E-state index contributed by atoms with van der Waals surface area (Å²) in [6.45, 7) is 3.74. The number of rotatable bonds is 7. The molecule has 0 aliphatic heterocycles. The molecule has 3 aromatic heterocycles. The Bertz CT molecular complexity index is 1660. The summed E-state index contributed by atoms with van der Waals surface area (Å²) < 4.78 is 54.1. The van der Waals surface area contributed by atoms with Crippen molar-refractivity contribution < 1.29 is 22.0 Å². The number of hydrogen-bond donors (Lipinski definition) is 3. The molecule has 1 aliphatic rings. The molecular weight excluding hydrogens is 504 g/mol. The average molecular weight is 530 g/mol. The lowest BCUT2D eigenvalue weighted by Crippen LogP contribution is -2.14. The van der Waals surface area contributed by atoms with Crippen LogP contribution in [-0.2, 0) is 21.7 Å². The SMILES string of the molecule is Cc1nn(C)c(C)c1-c1ccc(Nc2cc(NC(=O)C3CC3)nc3[nH]c(C(F)F)nc23)c(S(C)(=O)=O)c1. The zero-order chi connectivity index (χ0) is 26.6. The van der Waals surface area contributed by atoms with Gasteiger partial charge in [0.15, 0.2) is 21.3 Å². The van der Waals surface area contributed by atoms with Crippen LogP contribution in [0, 0.1) is 19.8 Å². The van der Waals surface area contributed by atoms with Gasteiger partial charge in [-0.05, 0) is 44.4 Å². The van der Waals surface area contributed by atoms with Gasteiger partial charge in [0.25, 0.3) is 6.43 Å². The van der Waals surface area contributed by atoms with E-state index in [0.717, 1.165) is 36.0 Å². The number of amides is 1. The highest BCUT2D eigenvalue weighted by atomic mass is 32.2. The van der Waals surface area contributed by atoms with E-state index in [0.29, 0.717) is 5.56 Å². The monoisotopic (exact) mass is 529 g/mol. The fourth-order valence-corrected chi connectivity index (χ4v) is 5.13. The highest BCUT2D eigenvalue weighted by Gasteiger charge is 2.30. The van der Waals surface area contributed by atoms with Crippen molar-refractivity contribution in [2.75, 3.05) is 16.9 Å². The van der Waals surface area contributed by atoms with Crippen molar-refractivity contribution in [1.29, 1.82) is 0 Å². The number of imidazole rings is 1. The van der Waals surface area contributed by atoms with Gasteiger partial charge in [0.2, 0.25) is 5.91 Å². The number of aromatic amines is 1. The van der Waals surface area contributed by atoms with Crippen LogP contribution in [0.25, 0.3) is 22.3 Å². The fourth-order valence-electron chi connectivity index (χ4n) is 4.27. The van der Waals surface area contributed by atoms with Crippen LogP contribution in [0.2, 0.25) is 0 Å². The molecule has 1 aliphatic carbocycles. The molecule has 1 aromatic carbocycles. The molecule has 0 atom stereocenters. The van der Waals surface area contributed by atoms with Crippen molar-refractivity contribution in [3.05, 3.63) is 41.5 Å². The minimum absolute atomic E-state index is 0.00537. The van der Waals surface area contributed by atoms with E-state index >= 15 is 0 Å². The minimum atomic E-state index is -3.72. The van der Waals surface area contributed by atoms with Crippen molar-refractivity contribution in [3.63, 3.8) is 0 Å². The Labute approximate surface area is 211 Å². The number of anilines is 3. The molecule has 0 saturated heterocycles. The van der Waals surface area contributed by atoms with Gasteiger partial charge in [0, 0.05) is 36.5 Å². The lowest BCUT2D eigenvalue weighted by molar-refractivity contribution is -0.117. The number of pyridine rings is 1. The van der Waals surface area contributed by atoms with Gasteiger partial charge in [-0.15, -0.1) is 0 Å². The van der Waals surface area contributed by atoms with Crippen LogP contribution in [0.4, 0.5) is 26.0 Å². The maximum Gasteiger partial charge on any atom is 0.295 e. The second kappa shape index (κ2) is 8.91. The predicted octanol–water partition coefficient (Wildman–Crippen LogP) is 4.41. The first-order chi connectivity index (χ1) is 17.4. The number of nitrogens with one attached hydrogen (secondary N) is 3. The number of carbonyl (C=O) groups excluding carboxylic acids is 1. The van der Waals surface area contributed by atoms with Crippen LogP contribution in [0.5, 0.6) is 0 Å². The van der Waals surface area contributed by atoms with Crippen molar-refractivity contribution in [2.24, 2.45) is 13.0 Å².